The number of pyridine rings is 2. The van der Waals surface area contributed by atoms with Crippen LogP contribution in [0.3, 0.4) is 0 Å². The van der Waals surface area contributed by atoms with E-state index < -0.39 is 11.4 Å². The summed E-state index contributed by atoms with van der Waals surface area (Å²) in [7, 11) is 0. The van der Waals surface area contributed by atoms with Gasteiger partial charge in [0.25, 0.3) is 0 Å². The van der Waals surface area contributed by atoms with Crippen molar-refractivity contribution in [2.24, 2.45) is 0 Å². The third-order valence-electron chi connectivity index (χ3n) is 3.34. The number of halogens is 1. The van der Waals surface area contributed by atoms with Gasteiger partial charge in [0.15, 0.2) is 5.65 Å². The van der Waals surface area contributed by atoms with Crippen molar-refractivity contribution in [1.82, 2.24) is 18.9 Å². The standard InChI is InChI=1S/C15H13ClN4O3S/c1-4-23-14(22)9-6-20(15-17-8(3)19-24-15)13-11(12(9)21)7(2)5-10(16)18-13/h5-6H,4H2,1-3H3. The first-order valence-electron chi connectivity index (χ1n) is 7.12. The van der Waals surface area contributed by atoms with E-state index >= 15 is 0 Å². The van der Waals surface area contributed by atoms with Gasteiger partial charge in [-0.1, -0.05) is 11.6 Å². The Kier molecular flexibility index (Phi) is 4.33. The third-order valence-corrected chi connectivity index (χ3v) is 4.34. The summed E-state index contributed by atoms with van der Waals surface area (Å²) in [5, 5.41) is 1.04. The maximum absolute atomic E-state index is 12.7. The van der Waals surface area contributed by atoms with Crippen LogP contribution >= 0.6 is 23.1 Å². The Balaban J connectivity index is 2.42. The molecule has 0 fully saturated rings. The van der Waals surface area contributed by atoms with Gasteiger partial charge in [-0.25, -0.2) is 14.8 Å². The van der Waals surface area contributed by atoms with Crippen LogP contribution in [0.25, 0.3) is 16.2 Å². The van der Waals surface area contributed by atoms with Crippen LogP contribution in [0.1, 0.15) is 28.7 Å². The van der Waals surface area contributed by atoms with Gasteiger partial charge in [-0.05, 0) is 32.4 Å². The molecule has 0 aliphatic carbocycles. The number of ether oxygens (including phenoxy) is 1. The zero-order chi connectivity index (χ0) is 17.4. The van der Waals surface area contributed by atoms with Gasteiger partial charge in [-0.3, -0.25) is 9.36 Å². The second kappa shape index (κ2) is 6.29. The quantitative estimate of drug-likeness (QED) is 0.524. The summed E-state index contributed by atoms with van der Waals surface area (Å²) >= 11 is 7.18. The van der Waals surface area contributed by atoms with Gasteiger partial charge < -0.3 is 4.74 Å². The van der Waals surface area contributed by atoms with Gasteiger partial charge in [0.05, 0.1) is 12.0 Å². The van der Waals surface area contributed by atoms with Crippen molar-refractivity contribution in [3.05, 3.63) is 44.6 Å². The van der Waals surface area contributed by atoms with Gasteiger partial charge in [0, 0.05) is 17.7 Å². The van der Waals surface area contributed by atoms with Crippen LogP contribution in [0.5, 0.6) is 0 Å². The minimum absolute atomic E-state index is 0.0792. The first-order chi connectivity index (χ1) is 11.4. The molecule has 9 heteroatoms. The van der Waals surface area contributed by atoms with Crippen molar-refractivity contribution >= 4 is 40.1 Å². The van der Waals surface area contributed by atoms with Crippen molar-refractivity contribution in [2.45, 2.75) is 20.8 Å². The lowest BCUT2D eigenvalue weighted by molar-refractivity contribution is 0.0524. The molecule has 0 unspecified atom stereocenters. The maximum Gasteiger partial charge on any atom is 0.343 e. The van der Waals surface area contributed by atoms with Crippen molar-refractivity contribution in [2.75, 3.05) is 6.61 Å². The molecule has 0 saturated carbocycles. The number of fused-ring (bicyclic) bond motifs is 1. The normalized spacial score (nSPS) is 11.0. The molecule has 0 aliphatic rings. The predicted octanol–water partition coefficient (Wildman–Crippen LogP) is 2.68. The summed E-state index contributed by atoms with van der Waals surface area (Å²) < 4.78 is 10.7. The summed E-state index contributed by atoms with van der Waals surface area (Å²) in [5.74, 6) is -0.105. The monoisotopic (exact) mass is 364 g/mol. The number of hydrogen-bond donors (Lipinski definition) is 0. The van der Waals surface area contributed by atoms with E-state index in [0.29, 0.717) is 27.6 Å². The van der Waals surface area contributed by atoms with E-state index in [-0.39, 0.29) is 17.3 Å². The molecule has 24 heavy (non-hydrogen) atoms. The average molecular weight is 365 g/mol. The van der Waals surface area contributed by atoms with Crippen LogP contribution in [0.2, 0.25) is 5.15 Å². The fraction of sp³-hybridized carbons (Fsp3) is 0.267. The molecule has 0 atom stereocenters. The van der Waals surface area contributed by atoms with Crippen LogP contribution in [-0.4, -0.2) is 31.5 Å². The Labute approximate surface area is 146 Å². The van der Waals surface area contributed by atoms with E-state index in [9.17, 15) is 9.59 Å². The van der Waals surface area contributed by atoms with E-state index in [1.807, 2.05) is 0 Å². The third kappa shape index (κ3) is 2.78. The number of hydrogen-bond acceptors (Lipinski definition) is 7. The van der Waals surface area contributed by atoms with Crippen LogP contribution in [0, 0.1) is 13.8 Å². The number of aryl methyl sites for hydroxylation is 2. The highest BCUT2D eigenvalue weighted by Gasteiger charge is 2.21. The lowest BCUT2D eigenvalue weighted by Gasteiger charge is -2.11. The molecule has 0 aromatic carbocycles. The summed E-state index contributed by atoms with van der Waals surface area (Å²) in [4.78, 5) is 33.4. The SMILES string of the molecule is CCOC(=O)c1cn(-c2nc(C)ns2)c2nc(Cl)cc(C)c2c1=O. The van der Waals surface area contributed by atoms with Crippen LogP contribution < -0.4 is 5.43 Å². The Morgan fingerprint density at radius 1 is 1.38 bits per heavy atom. The van der Waals surface area contributed by atoms with E-state index in [1.54, 1.807) is 31.4 Å². The largest absolute Gasteiger partial charge is 0.462 e. The molecule has 0 radical (unpaired) electrons. The van der Waals surface area contributed by atoms with E-state index in [0.717, 1.165) is 11.5 Å². The first-order valence-corrected chi connectivity index (χ1v) is 8.27. The molecule has 0 aliphatic heterocycles. The molecule has 0 N–H and O–H groups in total. The van der Waals surface area contributed by atoms with Gasteiger partial charge in [-0.15, -0.1) is 0 Å². The Bertz CT molecular complexity index is 1010. The summed E-state index contributed by atoms with van der Waals surface area (Å²) in [6.45, 7) is 5.34. The smallest absolute Gasteiger partial charge is 0.343 e. The lowest BCUT2D eigenvalue weighted by atomic mass is 10.1. The number of rotatable bonds is 3. The van der Waals surface area contributed by atoms with E-state index in [1.165, 1.54) is 6.20 Å². The molecule has 124 valence electrons. The molecule has 0 spiro atoms. The van der Waals surface area contributed by atoms with Gasteiger partial charge >= 0.3 is 5.97 Å². The van der Waals surface area contributed by atoms with Crippen LogP contribution in [0.4, 0.5) is 0 Å². The minimum atomic E-state index is -0.686. The number of carbonyl (C=O) groups is 1. The highest BCUT2D eigenvalue weighted by Crippen LogP contribution is 2.22. The topological polar surface area (TPSA) is 87.0 Å². The van der Waals surface area contributed by atoms with Crippen molar-refractivity contribution in [3.63, 3.8) is 0 Å². The number of esters is 1. The maximum atomic E-state index is 12.7. The predicted molar refractivity (Wildman–Crippen MR) is 91.2 cm³/mol. The van der Waals surface area contributed by atoms with Crippen molar-refractivity contribution in [3.8, 4) is 5.13 Å². The van der Waals surface area contributed by atoms with Gasteiger partial charge in [0.2, 0.25) is 10.6 Å². The first kappa shape index (κ1) is 16.5. The molecule has 7 nitrogen and oxygen atoms in total. The zero-order valence-corrected chi connectivity index (χ0v) is 14.7. The van der Waals surface area contributed by atoms with Crippen molar-refractivity contribution < 1.29 is 9.53 Å². The highest BCUT2D eigenvalue weighted by molar-refractivity contribution is 7.08. The van der Waals surface area contributed by atoms with Crippen LogP contribution in [-0.2, 0) is 4.74 Å². The fourth-order valence-electron chi connectivity index (χ4n) is 2.34. The van der Waals surface area contributed by atoms with Crippen LogP contribution in [0.15, 0.2) is 17.1 Å². The van der Waals surface area contributed by atoms with Gasteiger partial charge in [0.1, 0.15) is 16.5 Å². The number of carbonyl (C=O) groups excluding carboxylic acids is 1. The van der Waals surface area contributed by atoms with E-state index in [4.69, 9.17) is 16.3 Å². The molecule has 3 heterocycles. The summed E-state index contributed by atoms with van der Waals surface area (Å²) in [6, 6.07) is 1.58. The number of nitrogens with zero attached hydrogens (tertiary/aromatic N) is 4. The molecule has 3 aromatic heterocycles. The highest BCUT2D eigenvalue weighted by atomic mass is 35.5. The molecular formula is C15H13ClN4O3S. The molecule has 0 bridgehead atoms. The molecular weight excluding hydrogens is 352 g/mol. The second-order valence-corrected chi connectivity index (χ2v) is 6.16. The minimum Gasteiger partial charge on any atom is -0.462 e. The zero-order valence-electron chi connectivity index (χ0n) is 13.2. The van der Waals surface area contributed by atoms with Crippen molar-refractivity contribution in [1.29, 1.82) is 0 Å². The Morgan fingerprint density at radius 3 is 2.75 bits per heavy atom. The Hall–Kier alpha value is -2.32. The number of aromatic nitrogens is 4. The molecule has 3 aromatic rings. The Morgan fingerprint density at radius 2 is 2.12 bits per heavy atom. The fourth-order valence-corrected chi connectivity index (χ4v) is 3.24. The molecule has 3 rings (SSSR count). The lowest BCUT2D eigenvalue weighted by Crippen LogP contribution is -2.21. The second-order valence-electron chi connectivity index (χ2n) is 5.05. The average Bonchev–Trinajstić information content (AvgIpc) is 2.93. The van der Waals surface area contributed by atoms with Gasteiger partial charge in [-0.2, -0.15) is 4.37 Å². The van der Waals surface area contributed by atoms with E-state index in [2.05, 4.69) is 14.3 Å². The summed E-state index contributed by atoms with van der Waals surface area (Å²) in [6.07, 6.45) is 1.38. The summed E-state index contributed by atoms with van der Waals surface area (Å²) in [5.41, 5.74) is 0.428. The molecule has 0 amide bonds. The molecule has 0 saturated heterocycles.